The normalized spacial score (nSPS) is 19.7. The summed E-state index contributed by atoms with van der Waals surface area (Å²) in [4.78, 5) is 16.0. The Morgan fingerprint density at radius 1 is 1.61 bits per heavy atom. The SMILES string of the molecule is NCCc1nc(C(=O)NCC2COCCO2)cs1. The second-order valence-corrected chi connectivity index (χ2v) is 4.89. The summed E-state index contributed by atoms with van der Waals surface area (Å²) < 4.78 is 10.7. The molecule has 1 unspecified atom stereocenters. The number of carbonyl (C=O) groups is 1. The second-order valence-electron chi connectivity index (χ2n) is 3.94. The number of aromatic nitrogens is 1. The van der Waals surface area contributed by atoms with E-state index in [-0.39, 0.29) is 12.0 Å². The lowest BCUT2D eigenvalue weighted by Gasteiger charge is -2.22. The van der Waals surface area contributed by atoms with Gasteiger partial charge in [0.1, 0.15) is 5.69 Å². The fraction of sp³-hybridized carbons (Fsp3) is 0.636. The molecule has 1 aromatic heterocycles. The number of nitrogens with zero attached hydrogens (tertiary/aromatic N) is 1. The topological polar surface area (TPSA) is 86.5 Å². The molecule has 1 aromatic rings. The van der Waals surface area contributed by atoms with Crippen LogP contribution >= 0.6 is 11.3 Å². The second kappa shape index (κ2) is 6.79. The van der Waals surface area contributed by atoms with Crippen LogP contribution in [0, 0.1) is 0 Å². The summed E-state index contributed by atoms with van der Waals surface area (Å²) >= 11 is 1.46. The van der Waals surface area contributed by atoms with Crippen molar-refractivity contribution in [1.82, 2.24) is 10.3 Å². The third-order valence-electron chi connectivity index (χ3n) is 2.52. The summed E-state index contributed by atoms with van der Waals surface area (Å²) in [6.07, 6.45) is 0.641. The van der Waals surface area contributed by atoms with E-state index in [4.69, 9.17) is 15.2 Å². The lowest BCUT2D eigenvalue weighted by atomic mass is 10.3. The van der Waals surface area contributed by atoms with Crippen LogP contribution in [-0.4, -0.2) is 49.9 Å². The fourth-order valence-electron chi connectivity index (χ4n) is 1.61. The number of hydrogen-bond donors (Lipinski definition) is 2. The van der Waals surface area contributed by atoms with Gasteiger partial charge in [-0.1, -0.05) is 0 Å². The van der Waals surface area contributed by atoms with E-state index >= 15 is 0 Å². The lowest BCUT2D eigenvalue weighted by Crippen LogP contribution is -2.39. The number of carbonyl (C=O) groups excluding carboxylic acids is 1. The highest BCUT2D eigenvalue weighted by molar-refractivity contribution is 7.09. The van der Waals surface area contributed by atoms with E-state index in [2.05, 4.69) is 10.3 Å². The molecule has 1 amide bonds. The highest BCUT2D eigenvalue weighted by Crippen LogP contribution is 2.10. The van der Waals surface area contributed by atoms with E-state index in [1.54, 1.807) is 5.38 Å². The zero-order valence-corrected chi connectivity index (χ0v) is 10.9. The van der Waals surface area contributed by atoms with Crippen LogP contribution in [0.3, 0.4) is 0 Å². The smallest absolute Gasteiger partial charge is 0.270 e. The first-order valence-electron chi connectivity index (χ1n) is 5.91. The van der Waals surface area contributed by atoms with E-state index in [0.717, 1.165) is 5.01 Å². The van der Waals surface area contributed by atoms with Crippen LogP contribution in [0.4, 0.5) is 0 Å². The predicted octanol–water partition coefficient (Wildman–Crippen LogP) is -0.210. The quantitative estimate of drug-likeness (QED) is 0.774. The van der Waals surface area contributed by atoms with Crippen molar-refractivity contribution in [2.24, 2.45) is 5.73 Å². The molecule has 7 heteroatoms. The summed E-state index contributed by atoms with van der Waals surface area (Å²) in [7, 11) is 0. The van der Waals surface area contributed by atoms with Gasteiger partial charge in [-0.05, 0) is 6.54 Å². The lowest BCUT2D eigenvalue weighted by molar-refractivity contribution is -0.0855. The third-order valence-corrected chi connectivity index (χ3v) is 3.43. The van der Waals surface area contributed by atoms with Gasteiger partial charge in [0.05, 0.1) is 30.9 Å². The maximum absolute atomic E-state index is 11.8. The average molecular weight is 271 g/mol. The zero-order chi connectivity index (χ0) is 12.8. The van der Waals surface area contributed by atoms with Crippen molar-refractivity contribution in [3.63, 3.8) is 0 Å². The number of nitrogens with two attached hydrogens (primary N) is 1. The zero-order valence-electron chi connectivity index (χ0n) is 10.1. The molecule has 0 saturated carbocycles. The molecule has 18 heavy (non-hydrogen) atoms. The minimum atomic E-state index is -0.177. The molecule has 1 aliphatic rings. The van der Waals surface area contributed by atoms with Crippen molar-refractivity contribution in [1.29, 1.82) is 0 Å². The Bertz CT molecular complexity index is 391. The van der Waals surface area contributed by atoms with Gasteiger partial charge < -0.3 is 20.5 Å². The van der Waals surface area contributed by atoms with Crippen molar-refractivity contribution < 1.29 is 14.3 Å². The Kier molecular flexibility index (Phi) is 5.06. The molecule has 0 spiro atoms. The number of hydrogen-bond acceptors (Lipinski definition) is 6. The van der Waals surface area contributed by atoms with Gasteiger partial charge in [0, 0.05) is 18.3 Å². The average Bonchev–Trinajstić information content (AvgIpc) is 2.86. The Labute approximate surface area is 109 Å². The van der Waals surface area contributed by atoms with Crippen LogP contribution in [0.1, 0.15) is 15.5 Å². The first kappa shape index (κ1) is 13.4. The van der Waals surface area contributed by atoms with Crippen molar-refractivity contribution >= 4 is 17.2 Å². The summed E-state index contributed by atoms with van der Waals surface area (Å²) in [5.41, 5.74) is 5.88. The highest BCUT2D eigenvalue weighted by atomic mass is 32.1. The van der Waals surface area contributed by atoms with E-state index in [9.17, 15) is 4.79 Å². The molecule has 1 atom stereocenters. The molecular weight excluding hydrogens is 254 g/mol. The van der Waals surface area contributed by atoms with Gasteiger partial charge in [-0.15, -0.1) is 11.3 Å². The Morgan fingerprint density at radius 2 is 2.50 bits per heavy atom. The van der Waals surface area contributed by atoms with E-state index in [1.807, 2.05) is 0 Å². The van der Waals surface area contributed by atoms with Crippen LogP contribution in [0.25, 0.3) is 0 Å². The maximum Gasteiger partial charge on any atom is 0.270 e. The molecule has 1 aliphatic heterocycles. The van der Waals surface area contributed by atoms with Crippen LogP contribution in [0.2, 0.25) is 0 Å². The number of nitrogens with one attached hydrogen (secondary N) is 1. The van der Waals surface area contributed by atoms with Gasteiger partial charge >= 0.3 is 0 Å². The molecule has 100 valence electrons. The highest BCUT2D eigenvalue weighted by Gasteiger charge is 2.16. The molecule has 6 nitrogen and oxygen atoms in total. The van der Waals surface area contributed by atoms with E-state index in [0.29, 0.717) is 45.0 Å². The Balaban J connectivity index is 1.79. The first-order chi connectivity index (χ1) is 8.79. The molecule has 1 saturated heterocycles. The van der Waals surface area contributed by atoms with Gasteiger partial charge in [0.2, 0.25) is 0 Å². The van der Waals surface area contributed by atoms with Crippen LogP contribution in [0.5, 0.6) is 0 Å². The fourth-order valence-corrected chi connectivity index (χ4v) is 2.40. The standard InChI is InChI=1S/C11H17N3O3S/c12-2-1-10-14-9(7-18-10)11(15)13-5-8-6-16-3-4-17-8/h7-8H,1-6,12H2,(H,13,15). The van der Waals surface area contributed by atoms with E-state index < -0.39 is 0 Å². The summed E-state index contributed by atoms with van der Waals surface area (Å²) in [5.74, 6) is -0.177. The summed E-state index contributed by atoms with van der Waals surface area (Å²) in [6.45, 7) is 2.72. The predicted molar refractivity (Wildman–Crippen MR) is 67.8 cm³/mol. The minimum absolute atomic E-state index is 0.0650. The van der Waals surface area contributed by atoms with E-state index in [1.165, 1.54) is 11.3 Å². The minimum Gasteiger partial charge on any atom is -0.376 e. The molecule has 0 bridgehead atoms. The molecule has 0 aliphatic carbocycles. The van der Waals surface area contributed by atoms with Gasteiger partial charge in [0.25, 0.3) is 5.91 Å². The van der Waals surface area contributed by atoms with Crippen LogP contribution < -0.4 is 11.1 Å². The monoisotopic (exact) mass is 271 g/mol. The maximum atomic E-state index is 11.8. The molecule has 1 fully saturated rings. The number of ether oxygens (including phenoxy) is 2. The summed E-state index contributed by atoms with van der Waals surface area (Å²) in [6, 6.07) is 0. The van der Waals surface area contributed by atoms with Crippen molar-refractivity contribution in [3.05, 3.63) is 16.1 Å². The van der Waals surface area contributed by atoms with Gasteiger partial charge in [-0.25, -0.2) is 4.98 Å². The van der Waals surface area contributed by atoms with Crippen molar-refractivity contribution in [2.75, 3.05) is 32.9 Å². The Hall–Kier alpha value is -1.02. The molecule has 3 N–H and O–H groups in total. The number of thiazole rings is 1. The largest absolute Gasteiger partial charge is 0.376 e. The molecule has 0 aromatic carbocycles. The van der Waals surface area contributed by atoms with Crippen LogP contribution in [-0.2, 0) is 15.9 Å². The Morgan fingerprint density at radius 3 is 3.22 bits per heavy atom. The number of amides is 1. The molecule has 2 rings (SSSR count). The molecule has 2 heterocycles. The molecular formula is C11H17N3O3S. The van der Waals surface area contributed by atoms with Gasteiger partial charge in [0.15, 0.2) is 0 Å². The third kappa shape index (κ3) is 3.74. The van der Waals surface area contributed by atoms with Crippen molar-refractivity contribution in [3.8, 4) is 0 Å². The van der Waals surface area contributed by atoms with Gasteiger partial charge in [-0.2, -0.15) is 0 Å². The van der Waals surface area contributed by atoms with Gasteiger partial charge in [-0.3, -0.25) is 4.79 Å². The number of rotatable bonds is 5. The first-order valence-corrected chi connectivity index (χ1v) is 6.79. The molecule has 0 radical (unpaired) electrons. The summed E-state index contributed by atoms with van der Waals surface area (Å²) in [5, 5.41) is 5.43. The van der Waals surface area contributed by atoms with Crippen LogP contribution in [0.15, 0.2) is 5.38 Å². The van der Waals surface area contributed by atoms with Crippen molar-refractivity contribution in [2.45, 2.75) is 12.5 Å².